The number of hydrogen-bond acceptors (Lipinski definition) is 5. The minimum Gasteiger partial charge on any atom is -0.365 e. The Morgan fingerprint density at radius 2 is 1.68 bits per heavy atom. The van der Waals surface area contributed by atoms with Gasteiger partial charge in [-0.1, -0.05) is 18.2 Å². The number of nitrogens with zero attached hydrogens (tertiary/aromatic N) is 5. The standard InChI is InChI=1S/C26H34F4N6O/c1-18-15-35(22-13-32-24(33-14-22)26(28,29)30)16-19(2)36(18)25(37)31-10-7-20-8-11-34(12-9-20)17-21-5-3-4-6-23(21)27/h3-6,13-14,18-20H,7-12,15-17H2,1-2H3,(H,31,37)/t18-,19+. The molecule has 4 rings (SSSR count). The van der Waals surface area contributed by atoms with Gasteiger partial charge in [0.25, 0.3) is 0 Å². The van der Waals surface area contributed by atoms with Gasteiger partial charge in [-0.3, -0.25) is 4.90 Å². The van der Waals surface area contributed by atoms with Crippen LogP contribution in [0.5, 0.6) is 0 Å². The van der Waals surface area contributed by atoms with Gasteiger partial charge in [0.2, 0.25) is 5.82 Å². The topological polar surface area (TPSA) is 64.6 Å². The number of likely N-dealkylation sites (tertiary alicyclic amines) is 1. The van der Waals surface area contributed by atoms with E-state index >= 15 is 0 Å². The lowest BCUT2D eigenvalue weighted by molar-refractivity contribution is -0.145. The lowest BCUT2D eigenvalue weighted by Crippen LogP contribution is -2.61. The van der Waals surface area contributed by atoms with E-state index in [2.05, 4.69) is 20.2 Å². The SMILES string of the molecule is C[C@@H]1CN(c2cnc(C(F)(F)F)nc2)C[C@H](C)N1C(=O)NCCC1CCN(Cc2ccccc2F)CC1. The summed E-state index contributed by atoms with van der Waals surface area (Å²) in [5, 5.41) is 3.05. The Hall–Kier alpha value is -2.95. The molecule has 0 spiro atoms. The molecule has 7 nitrogen and oxygen atoms in total. The molecule has 37 heavy (non-hydrogen) atoms. The second-order valence-electron chi connectivity index (χ2n) is 10.1. The van der Waals surface area contributed by atoms with E-state index in [0.29, 0.717) is 37.8 Å². The molecule has 0 aliphatic carbocycles. The number of piperazine rings is 1. The number of carbonyl (C=O) groups is 1. The molecule has 2 aromatic rings. The Labute approximate surface area is 214 Å². The van der Waals surface area contributed by atoms with Crippen molar-refractivity contribution in [3.8, 4) is 0 Å². The molecular weight excluding hydrogens is 488 g/mol. The highest BCUT2D eigenvalue weighted by Crippen LogP contribution is 2.28. The fraction of sp³-hybridized carbons (Fsp3) is 0.577. The molecule has 2 aliphatic heterocycles. The van der Waals surface area contributed by atoms with E-state index in [1.54, 1.807) is 11.0 Å². The van der Waals surface area contributed by atoms with E-state index in [1.165, 1.54) is 18.5 Å². The van der Waals surface area contributed by atoms with Crippen LogP contribution >= 0.6 is 0 Å². The third-order valence-corrected chi connectivity index (χ3v) is 7.30. The van der Waals surface area contributed by atoms with Crippen molar-refractivity contribution >= 4 is 11.7 Å². The molecule has 2 saturated heterocycles. The first kappa shape index (κ1) is 27.1. The number of benzene rings is 1. The lowest BCUT2D eigenvalue weighted by Gasteiger charge is -2.45. The molecule has 0 radical (unpaired) electrons. The molecule has 202 valence electrons. The summed E-state index contributed by atoms with van der Waals surface area (Å²) in [5.74, 6) is -0.806. The first-order chi connectivity index (χ1) is 17.6. The van der Waals surface area contributed by atoms with Gasteiger partial charge in [0.1, 0.15) is 5.82 Å². The van der Waals surface area contributed by atoms with E-state index in [0.717, 1.165) is 37.9 Å². The summed E-state index contributed by atoms with van der Waals surface area (Å²) in [6.45, 7) is 7.85. The molecule has 3 heterocycles. The molecule has 11 heteroatoms. The quantitative estimate of drug-likeness (QED) is 0.565. The van der Waals surface area contributed by atoms with Crippen molar-refractivity contribution in [2.75, 3.05) is 37.6 Å². The lowest BCUT2D eigenvalue weighted by atomic mass is 9.93. The maximum Gasteiger partial charge on any atom is 0.451 e. The highest BCUT2D eigenvalue weighted by molar-refractivity contribution is 5.75. The third-order valence-electron chi connectivity index (χ3n) is 7.30. The maximum absolute atomic E-state index is 13.9. The van der Waals surface area contributed by atoms with Gasteiger partial charge in [-0.25, -0.2) is 19.2 Å². The van der Waals surface area contributed by atoms with E-state index < -0.39 is 12.0 Å². The summed E-state index contributed by atoms with van der Waals surface area (Å²) in [5.41, 5.74) is 1.23. The molecule has 1 aromatic heterocycles. The molecule has 1 aromatic carbocycles. The molecule has 2 amide bonds. The summed E-state index contributed by atoms with van der Waals surface area (Å²) in [6, 6.07) is 6.50. The van der Waals surface area contributed by atoms with Gasteiger partial charge in [0.05, 0.1) is 18.1 Å². The van der Waals surface area contributed by atoms with Crippen molar-refractivity contribution in [3.63, 3.8) is 0 Å². The largest absolute Gasteiger partial charge is 0.451 e. The molecule has 2 aliphatic rings. The van der Waals surface area contributed by atoms with Gasteiger partial charge in [0, 0.05) is 43.8 Å². The number of amides is 2. The molecule has 2 atom stereocenters. The number of carbonyl (C=O) groups excluding carboxylic acids is 1. The molecule has 1 N–H and O–H groups in total. The Balaban J connectivity index is 1.20. The minimum atomic E-state index is -4.57. The molecular formula is C26H34F4N6O. The summed E-state index contributed by atoms with van der Waals surface area (Å²) >= 11 is 0. The maximum atomic E-state index is 13.9. The summed E-state index contributed by atoms with van der Waals surface area (Å²) < 4.78 is 52.2. The first-order valence-corrected chi connectivity index (χ1v) is 12.8. The van der Waals surface area contributed by atoms with Crippen LogP contribution in [0.2, 0.25) is 0 Å². The number of rotatable bonds is 6. The van der Waals surface area contributed by atoms with Gasteiger partial charge >= 0.3 is 12.2 Å². The third kappa shape index (κ3) is 6.88. The van der Waals surface area contributed by atoms with Crippen LogP contribution in [-0.4, -0.2) is 70.6 Å². The Morgan fingerprint density at radius 1 is 1.05 bits per heavy atom. The Kier molecular flexibility index (Phi) is 8.51. The monoisotopic (exact) mass is 522 g/mol. The highest BCUT2D eigenvalue weighted by atomic mass is 19.4. The molecule has 0 unspecified atom stereocenters. The van der Waals surface area contributed by atoms with Gasteiger partial charge in [0.15, 0.2) is 0 Å². The smallest absolute Gasteiger partial charge is 0.365 e. The second-order valence-corrected chi connectivity index (χ2v) is 10.1. The van der Waals surface area contributed by atoms with Crippen molar-refractivity contribution in [3.05, 3.63) is 53.9 Å². The van der Waals surface area contributed by atoms with Crippen LogP contribution in [0.15, 0.2) is 36.7 Å². The highest BCUT2D eigenvalue weighted by Gasteiger charge is 2.36. The van der Waals surface area contributed by atoms with Gasteiger partial charge in [-0.05, 0) is 58.2 Å². The number of urea groups is 1. The van der Waals surface area contributed by atoms with E-state index in [-0.39, 0.29) is 23.9 Å². The zero-order valence-electron chi connectivity index (χ0n) is 21.2. The van der Waals surface area contributed by atoms with Crippen LogP contribution in [0, 0.1) is 11.7 Å². The number of piperidine rings is 1. The molecule has 0 bridgehead atoms. The van der Waals surface area contributed by atoms with E-state index in [1.807, 2.05) is 30.9 Å². The van der Waals surface area contributed by atoms with Crippen molar-refractivity contribution in [1.82, 2.24) is 25.1 Å². The number of hydrogen-bond donors (Lipinski definition) is 1. The number of nitrogens with one attached hydrogen (secondary N) is 1. The Morgan fingerprint density at radius 3 is 2.27 bits per heavy atom. The number of alkyl halides is 3. The zero-order valence-corrected chi connectivity index (χ0v) is 21.2. The van der Waals surface area contributed by atoms with Crippen LogP contribution in [0.4, 0.5) is 28.0 Å². The summed E-state index contributed by atoms with van der Waals surface area (Å²) in [4.78, 5) is 25.8. The van der Waals surface area contributed by atoms with Gasteiger partial charge < -0.3 is 15.1 Å². The van der Waals surface area contributed by atoms with E-state index in [4.69, 9.17) is 0 Å². The van der Waals surface area contributed by atoms with Crippen LogP contribution in [0.1, 0.15) is 44.5 Å². The predicted octanol–water partition coefficient (Wildman–Crippen LogP) is 4.55. The first-order valence-electron chi connectivity index (χ1n) is 12.8. The number of aromatic nitrogens is 2. The zero-order chi connectivity index (χ0) is 26.6. The Bertz CT molecular complexity index is 1030. The number of halogens is 4. The van der Waals surface area contributed by atoms with Crippen LogP contribution < -0.4 is 10.2 Å². The fourth-order valence-electron chi connectivity index (χ4n) is 5.34. The second kappa shape index (κ2) is 11.6. The van der Waals surface area contributed by atoms with E-state index in [9.17, 15) is 22.4 Å². The number of anilines is 1. The van der Waals surface area contributed by atoms with Crippen LogP contribution in [0.3, 0.4) is 0 Å². The van der Waals surface area contributed by atoms with Crippen molar-refractivity contribution in [1.29, 1.82) is 0 Å². The van der Waals surface area contributed by atoms with Crippen LogP contribution in [-0.2, 0) is 12.7 Å². The van der Waals surface area contributed by atoms with Crippen molar-refractivity contribution < 1.29 is 22.4 Å². The van der Waals surface area contributed by atoms with Gasteiger partial charge in [-0.15, -0.1) is 0 Å². The van der Waals surface area contributed by atoms with Crippen molar-refractivity contribution in [2.45, 2.75) is 57.9 Å². The fourth-order valence-corrected chi connectivity index (χ4v) is 5.34. The predicted molar refractivity (Wildman–Crippen MR) is 132 cm³/mol. The summed E-state index contributed by atoms with van der Waals surface area (Å²) in [7, 11) is 0. The normalized spacial score (nSPS) is 21.8. The summed E-state index contributed by atoms with van der Waals surface area (Å²) in [6.07, 6.45) is 0.731. The minimum absolute atomic E-state index is 0.125. The molecule has 0 saturated carbocycles. The molecule has 2 fully saturated rings. The van der Waals surface area contributed by atoms with Crippen LogP contribution in [0.25, 0.3) is 0 Å². The van der Waals surface area contributed by atoms with Gasteiger partial charge in [-0.2, -0.15) is 13.2 Å². The average Bonchev–Trinajstić information content (AvgIpc) is 2.85. The van der Waals surface area contributed by atoms with Crippen molar-refractivity contribution in [2.24, 2.45) is 5.92 Å². The average molecular weight is 523 g/mol.